The average molecular weight is 786 g/mol. The Labute approximate surface area is 314 Å². The third-order valence-electron chi connectivity index (χ3n) is 9.04. The number of ether oxygens (including phenoxy) is 6. The van der Waals surface area contributed by atoms with E-state index in [0.717, 1.165) is 4.90 Å². The fourth-order valence-electron chi connectivity index (χ4n) is 6.83. The first-order valence-corrected chi connectivity index (χ1v) is 18.2. The molecule has 314 valence electrons. The fourth-order valence-corrected chi connectivity index (χ4v) is 6.83. The first kappa shape index (κ1) is 45.7. The van der Waals surface area contributed by atoms with Crippen LogP contribution < -0.4 is 21.3 Å². The molecule has 18 nitrogen and oxygen atoms in total. The van der Waals surface area contributed by atoms with Crippen LogP contribution in [0.1, 0.15) is 67.7 Å². The molecule has 12 atom stereocenters. The third kappa shape index (κ3) is 13.2. The van der Waals surface area contributed by atoms with Crippen molar-refractivity contribution in [3.05, 3.63) is 0 Å². The number of amides is 3. The van der Waals surface area contributed by atoms with E-state index in [2.05, 4.69) is 21.3 Å². The van der Waals surface area contributed by atoms with Crippen LogP contribution >= 0.6 is 0 Å². The van der Waals surface area contributed by atoms with Gasteiger partial charge in [0, 0.05) is 26.7 Å². The zero-order chi connectivity index (χ0) is 40.6. The number of hydrogen-bond acceptors (Lipinski definition) is 14. The molecule has 1 aliphatic carbocycles. The molecule has 1 saturated carbocycles. The molecule has 0 radical (unpaired) electrons. The van der Waals surface area contributed by atoms with E-state index in [-0.39, 0.29) is 26.1 Å². The number of halogens is 2. The van der Waals surface area contributed by atoms with E-state index in [0.29, 0.717) is 12.8 Å². The van der Waals surface area contributed by atoms with E-state index in [1.54, 1.807) is 41.5 Å². The van der Waals surface area contributed by atoms with E-state index in [1.807, 2.05) is 0 Å². The summed E-state index contributed by atoms with van der Waals surface area (Å²) in [5.74, 6) is 0. The molecule has 0 spiro atoms. The molecule has 3 fully saturated rings. The van der Waals surface area contributed by atoms with Crippen molar-refractivity contribution in [1.82, 2.24) is 26.2 Å². The van der Waals surface area contributed by atoms with Crippen molar-refractivity contribution in [3.8, 4) is 0 Å². The highest BCUT2D eigenvalue weighted by Gasteiger charge is 2.55. The Bertz CT molecular complexity index is 1230. The zero-order valence-corrected chi connectivity index (χ0v) is 32.4. The average Bonchev–Trinajstić information content (AvgIpc) is 3.03. The van der Waals surface area contributed by atoms with Crippen LogP contribution in [-0.4, -0.2) is 174 Å². The minimum absolute atomic E-state index is 0.0403. The topological polar surface area (TPSA) is 239 Å². The Kier molecular flexibility index (Phi) is 16.5. The molecule has 2 saturated heterocycles. The lowest BCUT2D eigenvalue weighted by molar-refractivity contribution is -0.314. The number of alkyl carbamates (subject to hydrolysis) is 1. The van der Waals surface area contributed by atoms with Gasteiger partial charge >= 0.3 is 18.3 Å². The highest BCUT2D eigenvalue weighted by atomic mass is 19.1. The number of hydrogen-bond donors (Lipinski definition) is 8. The van der Waals surface area contributed by atoms with Gasteiger partial charge in [-0.3, -0.25) is 0 Å². The van der Waals surface area contributed by atoms with Gasteiger partial charge in [0.15, 0.2) is 12.6 Å². The van der Waals surface area contributed by atoms with Gasteiger partial charge in [-0.05, 0) is 67.7 Å². The standard InChI is InChI=1S/C34H61F2N5O13/c1-32(2,3)53-30(46)40-21-15-20(39-29(44)45)24(52-28-23(43)26(34(7,48)17-49-28)41(8)31(47)54-33(4,5)6)22(42)25(21)51-27-19(38-14-12-36)10-9-18(50-27)16-37-13-11-35/h18-28,37-39,42-43,48H,9-17H2,1-8H3,(H,40,46)(H,44,45)/t18-,19+,20+,21-,22-,23+,24-,25+,26+,27+,28+,34-/m0/s1. The van der Waals surface area contributed by atoms with Crippen LogP contribution in [0.25, 0.3) is 0 Å². The second-order valence-electron chi connectivity index (χ2n) is 16.1. The maximum Gasteiger partial charge on any atom is 0.410 e. The normalized spacial score (nSPS) is 34.8. The van der Waals surface area contributed by atoms with Crippen molar-refractivity contribution in [2.24, 2.45) is 0 Å². The molecule has 0 aromatic carbocycles. The second kappa shape index (κ2) is 19.4. The molecule has 20 heteroatoms. The van der Waals surface area contributed by atoms with Crippen LogP contribution in [0, 0.1) is 0 Å². The lowest BCUT2D eigenvalue weighted by atomic mass is 9.83. The van der Waals surface area contributed by atoms with Crippen molar-refractivity contribution in [2.75, 3.05) is 46.6 Å². The number of alkyl halides is 2. The van der Waals surface area contributed by atoms with Gasteiger partial charge in [0.05, 0.1) is 36.9 Å². The van der Waals surface area contributed by atoms with Gasteiger partial charge in [-0.2, -0.15) is 0 Å². The van der Waals surface area contributed by atoms with Crippen molar-refractivity contribution >= 4 is 18.3 Å². The van der Waals surface area contributed by atoms with Gasteiger partial charge in [-0.25, -0.2) is 23.2 Å². The second-order valence-corrected chi connectivity index (χ2v) is 16.1. The molecular weight excluding hydrogens is 724 g/mol. The predicted octanol–water partition coefficient (Wildman–Crippen LogP) is 0.747. The van der Waals surface area contributed by atoms with E-state index < -0.39 is 122 Å². The summed E-state index contributed by atoms with van der Waals surface area (Å²) in [7, 11) is 1.32. The monoisotopic (exact) mass is 785 g/mol. The van der Waals surface area contributed by atoms with E-state index in [9.17, 15) is 43.6 Å². The molecule has 3 rings (SSSR count). The summed E-state index contributed by atoms with van der Waals surface area (Å²) in [6.45, 7) is 9.78. The minimum atomic E-state index is -1.81. The molecule has 54 heavy (non-hydrogen) atoms. The van der Waals surface area contributed by atoms with Gasteiger partial charge < -0.3 is 75.0 Å². The molecule has 0 unspecified atom stereocenters. The Balaban J connectivity index is 1.98. The molecule has 3 amide bonds. The summed E-state index contributed by atoms with van der Waals surface area (Å²) in [4.78, 5) is 39.1. The number of carboxylic acid groups (broad SMARTS) is 1. The molecule has 2 heterocycles. The molecule has 2 aliphatic heterocycles. The lowest BCUT2D eigenvalue weighted by Crippen LogP contribution is -2.70. The van der Waals surface area contributed by atoms with Crippen molar-refractivity contribution in [2.45, 2.75) is 152 Å². The Morgan fingerprint density at radius 3 is 2.04 bits per heavy atom. The number of aliphatic hydroxyl groups excluding tert-OH is 2. The highest BCUT2D eigenvalue weighted by molar-refractivity contribution is 5.69. The highest BCUT2D eigenvalue weighted by Crippen LogP contribution is 2.35. The van der Waals surface area contributed by atoms with Gasteiger partial charge in [0.25, 0.3) is 0 Å². The number of likely N-dealkylation sites (N-methyl/N-ethyl adjacent to an activating group) is 1. The quantitative estimate of drug-likeness (QED) is 0.113. The molecule has 0 aromatic heterocycles. The van der Waals surface area contributed by atoms with Gasteiger partial charge in [0.2, 0.25) is 0 Å². The summed E-state index contributed by atoms with van der Waals surface area (Å²) < 4.78 is 61.4. The molecule has 0 bridgehead atoms. The van der Waals surface area contributed by atoms with E-state index in [1.165, 1.54) is 14.0 Å². The molecule has 3 aliphatic rings. The van der Waals surface area contributed by atoms with Crippen LogP contribution in [0.5, 0.6) is 0 Å². The van der Waals surface area contributed by atoms with Gasteiger partial charge in [-0.1, -0.05) is 0 Å². The summed E-state index contributed by atoms with van der Waals surface area (Å²) in [5, 5.41) is 55.5. The van der Waals surface area contributed by atoms with E-state index in [4.69, 9.17) is 28.4 Å². The number of nitrogens with zero attached hydrogens (tertiary/aromatic N) is 1. The third-order valence-corrected chi connectivity index (χ3v) is 9.04. The summed E-state index contributed by atoms with van der Waals surface area (Å²) in [5.41, 5.74) is -3.64. The van der Waals surface area contributed by atoms with Gasteiger partial charge in [0.1, 0.15) is 54.6 Å². The summed E-state index contributed by atoms with van der Waals surface area (Å²) >= 11 is 0. The van der Waals surface area contributed by atoms with E-state index >= 15 is 0 Å². The predicted molar refractivity (Wildman–Crippen MR) is 187 cm³/mol. The Morgan fingerprint density at radius 1 is 0.870 bits per heavy atom. The largest absolute Gasteiger partial charge is 0.465 e. The van der Waals surface area contributed by atoms with Crippen LogP contribution in [0.2, 0.25) is 0 Å². The first-order valence-electron chi connectivity index (χ1n) is 18.2. The van der Waals surface area contributed by atoms with Gasteiger partial charge in [-0.15, -0.1) is 0 Å². The zero-order valence-electron chi connectivity index (χ0n) is 32.4. The summed E-state index contributed by atoms with van der Waals surface area (Å²) in [6.07, 6.45) is -12.2. The van der Waals surface area contributed by atoms with Crippen LogP contribution in [0.3, 0.4) is 0 Å². The number of aliphatic hydroxyl groups is 3. The maximum atomic E-state index is 13.3. The van der Waals surface area contributed by atoms with Crippen molar-refractivity contribution in [1.29, 1.82) is 0 Å². The Morgan fingerprint density at radius 2 is 1.46 bits per heavy atom. The Hall–Kier alpha value is -2.69. The fraction of sp³-hybridized carbons (Fsp3) is 0.912. The molecule has 0 aromatic rings. The molecule has 8 N–H and O–H groups in total. The maximum absolute atomic E-state index is 13.3. The van der Waals surface area contributed by atoms with Crippen molar-refractivity contribution < 1.29 is 72.0 Å². The van der Waals surface area contributed by atoms with Crippen LogP contribution in [0.4, 0.5) is 23.2 Å². The van der Waals surface area contributed by atoms with Crippen LogP contribution in [0.15, 0.2) is 0 Å². The lowest BCUT2D eigenvalue weighted by Gasteiger charge is -2.50. The van der Waals surface area contributed by atoms with Crippen LogP contribution in [-0.2, 0) is 28.4 Å². The first-order chi connectivity index (χ1) is 25.1. The molecular formula is C34H61F2N5O13. The number of rotatable bonds is 14. The summed E-state index contributed by atoms with van der Waals surface area (Å²) in [6, 6.07) is -4.34. The number of carbonyl (C=O) groups excluding carboxylic acids is 2. The van der Waals surface area contributed by atoms with Crippen molar-refractivity contribution in [3.63, 3.8) is 0 Å². The number of nitrogens with one attached hydrogen (secondary N) is 4. The minimum Gasteiger partial charge on any atom is -0.465 e. The smallest absolute Gasteiger partial charge is 0.410 e. The SMILES string of the molecule is CN(C(=O)OC(C)(C)C)[C@@H]1[C@@H](O)[C@@H](O[C@@H]2[C@H](O)[C@H](O[C@H]3O[C@H](CNCCF)CC[C@H]3NCCF)[C@@H](NC(=O)OC(C)(C)C)C[C@H]2NC(=O)O)OC[C@]1(C)O. The number of carbonyl (C=O) groups is 3.